The number of rotatable bonds is 3. The second-order valence-electron chi connectivity index (χ2n) is 5.62. The van der Waals surface area contributed by atoms with Gasteiger partial charge in [0.1, 0.15) is 21.8 Å². The zero-order valence-electron chi connectivity index (χ0n) is 13.4. The molecule has 25 heavy (non-hydrogen) atoms. The summed E-state index contributed by atoms with van der Waals surface area (Å²) in [4.78, 5) is 4.54. The van der Waals surface area contributed by atoms with E-state index in [2.05, 4.69) is 19.0 Å². The summed E-state index contributed by atoms with van der Waals surface area (Å²) in [6, 6.07) is 4.71. The second-order valence-corrected chi connectivity index (χ2v) is 8.01. The molecule has 1 fully saturated rings. The van der Waals surface area contributed by atoms with Gasteiger partial charge in [0.25, 0.3) is 0 Å². The number of imidazole rings is 1. The van der Waals surface area contributed by atoms with Crippen LogP contribution < -0.4 is 5.32 Å². The molecule has 1 saturated heterocycles. The molecule has 8 nitrogen and oxygen atoms in total. The Bertz CT molecular complexity index is 986. The predicted octanol–water partition coefficient (Wildman–Crippen LogP) is 1.18. The maximum absolute atomic E-state index is 13.3. The second kappa shape index (κ2) is 6.96. The Hall–Kier alpha value is -1.59. The van der Waals surface area contributed by atoms with Crippen LogP contribution >= 0.6 is 24.1 Å². The third-order valence-electron chi connectivity index (χ3n) is 4.19. The number of benzene rings is 1. The maximum Gasteiger partial charge on any atom is 0.246 e. The lowest BCUT2D eigenvalue weighted by Crippen LogP contribution is -2.49. The minimum atomic E-state index is -3.71. The molecule has 1 aliphatic heterocycles. The zero-order valence-corrected chi connectivity index (χ0v) is 15.8. The van der Waals surface area contributed by atoms with E-state index in [0.717, 1.165) is 11.7 Å². The van der Waals surface area contributed by atoms with Gasteiger partial charge in [-0.1, -0.05) is 6.07 Å². The van der Waals surface area contributed by atoms with Crippen LogP contribution in [-0.2, 0) is 17.1 Å². The highest BCUT2D eigenvalue weighted by molar-refractivity contribution is 7.89. The molecule has 0 saturated carbocycles. The molecular weight excluding hydrogens is 384 g/mol. The Morgan fingerprint density at radius 1 is 1.32 bits per heavy atom. The number of aromatic nitrogens is 4. The molecule has 1 aliphatic rings. The van der Waals surface area contributed by atoms with Crippen molar-refractivity contribution >= 4 is 45.2 Å². The van der Waals surface area contributed by atoms with E-state index in [1.807, 2.05) is 17.8 Å². The molecule has 3 heterocycles. The number of hydrogen-bond acceptors (Lipinski definition) is 7. The Morgan fingerprint density at radius 2 is 2.16 bits per heavy atom. The lowest BCUT2D eigenvalue weighted by molar-refractivity contribution is 0.258. The quantitative estimate of drug-likeness (QED) is 0.709. The van der Waals surface area contributed by atoms with Crippen molar-refractivity contribution in [2.45, 2.75) is 10.9 Å². The van der Waals surface area contributed by atoms with Crippen LogP contribution in [0.5, 0.6) is 0 Å². The van der Waals surface area contributed by atoms with Crippen LogP contribution in [0.2, 0.25) is 0 Å². The first-order chi connectivity index (χ1) is 11.6. The lowest BCUT2D eigenvalue weighted by Gasteiger charge is -2.34. The summed E-state index contributed by atoms with van der Waals surface area (Å²) in [6.45, 7) is 1.51. The van der Waals surface area contributed by atoms with Crippen LogP contribution in [-0.4, -0.2) is 50.7 Å². The van der Waals surface area contributed by atoms with Crippen LogP contribution in [0.15, 0.2) is 35.5 Å². The molecule has 134 valence electrons. The van der Waals surface area contributed by atoms with Crippen molar-refractivity contribution in [1.29, 1.82) is 0 Å². The van der Waals surface area contributed by atoms with Crippen LogP contribution in [0.25, 0.3) is 11.0 Å². The predicted molar refractivity (Wildman–Crippen MR) is 97.4 cm³/mol. The molecule has 1 atom stereocenters. The fourth-order valence-electron chi connectivity index (χ4n) is 3.01. The van der Waals surface area contributed by atoms with Gasteiger partial charge in [0.15, 0.2) is 0 Å². The molecule has 0 radical (unpaired) electrons. The molecule has 1 aromatic carbocycles. The third kappa shape index (κ3) is 3.04. The number of halogens is 1. The summed E-state index contributed by atoms with van der Waals surface area (Å²) < 4.78 is 38.3. The van der Waals surface area contributed by atoms with Gasteiger partial charge < -0.3 is 9.88 Å². The van der Waals surface area contributed by atoms with E-state index in [4.69, 9.17) is 0 Å². The van der Waals surface area contributed by atoms with Crippen LogP contribution in [0, 0.1) is 0 Å². The summed E-state index contributed by atoms with van der Waals surface area (Å²) >= 11 is 1.02. The van der Waals surface area contributed by atoms with Gasteiger partial charge >= 0.3 is 0 Å². The van der Waals surface area contributed by atoms with Crippen molar-refractivity contribution in [3.05, 3.63) is 36.4 Å². The normalized spacial score (nSPS) is 19.0. The largest absolute Gasteiger partial charge is 0.337 e. The molecule has 1 unspecified atom stereocenters. The Kier molecular flexibility index (Phi) is 5.07. The molecule has 0 spiro atoms. The molecule has 11 heteroatoms. The third-order valence-corrected chi connectivity index (χ3v) is 6.67. The maximum atomic E-state index is 13.3. The number of nitrogens with zero attached hydrogens (tertiary/aromatic N) is 5. The number of aryl methyl sites for hydroxylation is 1. The zero-order chi connectivity index (χ0) is 16.7. The van der Waals surface area contributed by atoms with E-state index >= 15 is 0 Å². The summed E-state index contributed by atoms with van der Waals surface area (Å²) in [5, 5.41) is 3.25. The Labute approximate surface area is 155 Å². The van der Waals surface area contributed by atoms with E-state index in [9.17, 15) is 8.42 Å². The van der Waals surface area contributed by atoms with Gasteiger partial charge in [0.05, 0.1) is 17.8 Å². The van der Waals surface area contributed by atoms with E-state index in [1.165, 1.54) is 4.31 Å². The molecule has 2 aromatic heterocycles. The van der Waals surface area contributed by atoms with Crippen molar-refractivity contribution in [1.82, 2.24) is 27.9 Å². The summed E-state index contributed by atoms with van der Waals surface area (Å²) in [7, 11) is -1.84. The van der Waals surface area contributed by atoms with Crippen molar-refractivity contribution < 1.29 is 8.42 Å². The van der Waals surface area contributed by atoms with Gasteiger partial charge in [-0.25, -0.2) is 13.4 Å². The number of sulfonamides is 1. The average molecular weight is 401 g/mol. The highest BCUT2D eigenvalue weighted by Crippen LogP contribution is 2.30. The SMILES string of the molecule is Cl.Cn1ccnc1C1CNCCN1S(=O)(=O)c1cccc2nsnc12. The van der Waals surface area contributed by atoms with Crippen LogP contribution in [0.1, 0.15) is 11.9 Å². The van der Waals surface area contributed by atoms with Gasteiger partial charge in [0.2, 0.25) is 10.0 Å². The first kappa shape index (κ1) is 18.2. The Morgan fingerprint density at radius 3 is 2.92 bits per heavy atom. The average Bonchev–Trinajstić information content (AvgIpc) is 3.22. The van der Waals surface area contributed by atoms with E-state index in [-0.39, 0.29) is 23.3 Å². The van der Waals surface area contributed by atoms with Gasteiger partial charge in [-0.2, -0.15) is 13.1 Å². The standard InChI is InChI=1S/C14H16N6O2S2.ClH/c1-19-7-6-16-14(19)11-9-15-5-8-20(11)24(21,22)12-4-2-3-10-13(12)18-23-17-10;/h2-4,6-7,11,15H,5,8-9H2,1H3;1H. The van der Waals surface area contributed by atoms with Gasteiger partial charge in [-0.15, -0.1) is 12.4 Å². The molecule has 0 amide bonds. The molecule has 3 aromatic rings. The van der Waals surface area contributed by atoms with Gasteiger partial charge in [-0.05, 0) is 12.1 Å². The summed E-state index contributed by atoms with van der Waals surface area (Å²) in [6.07, 6.45) is 3.50. The number of hydrogen-bond donors (Lipinski definition) is 1. The lowest BCUT2D eigenvalue weighted by atomic mass is 10.2. The fraction of sp³-hybridized carbons (Fsp3) is 0.357. The topological polar surface area (TPSA) is 93.0 Å². The molecule has 0 aliphatic carbocycles. The smallest absolute Gasteiger partial charge is 0.246 e. The minimum Gasteiger partial charge on any atom is -0.337 e. The number of fused-ring (bicyclic) bond motifs is 1. The van der Waals surface area contributed by atoms with E-state index in [1.54, 1.807) is 24.4 Å². The van der Waals surface area contributed by atoms with Gasteiger partial charge in [-0.3, -0.25) is 0 Å². The highest BCUT2D eigenvalue weighted by Gasteiger charge is 2.37. The van der Waals surface area contributed by atoms with Crippen LogP contribution in [0.3, 0.4) is 0 Å². The highest BCUT2D eigenvalue weighted by atomic mass is 35.5. The first-order valence-corrected chi connectivity index (χ1v) is 9.67. The van der Waals surface area contributed by atoms with Crippen molar-refractivity contribution in [3.63, 3.8) is 0 Å². The summed E-state index contributed by atoms with van der Waals surface area (Å²) in [5.41, 5.74) is 1.03. The van der Waals surface area contributed by atoms with E-state index in [0.29, 0.717) is 36.5 Å². The van der Waals surface area contributed by atoms with E-state index < -0.39 is 10.0 Å². The van der Waals surface area contributed by atoms with Crippen LogP contribution in [0.4, 0.5) is 0 Å². The van der Waals surface area contributed by atoms with Crippen molar-refractivity contribution in [3.8, 4) is 0 Å². The monoisotopic (exact) mass is 400 g/mol. The molecule has 1 N–H and O–H groups in total. The van der Waals surface area contributed by atoms with Crippen molar-refractivity contribution in [2.24, 2.45) is 7.05 Å². The number of nitrogens with one attached hydrogen (secondary N) is 1. The first-order valence-electron chi connectivity index (χ1n) is 7.50. The van der Waals surface area contributed by atoms with Gasteiger partial charge in [0, 0.05) is 39.1 Å². The molecular formula is C14H17ClN6O2S2. The fourth-order valence-corrected chi connectivity index (χ4v) is 5.35. The van der Waals surface area contributed by atoms with Crippen molar-refractivity contribution in [2.75, 3.05) is 19.6 Å². The summed E-state index contributed by atoms with van der Waals surface area (Å²) in [5.74, 6) is 0.717. The Balaban J connectivity index is 0.00000182. The molecule has 4 rings (SSSR count). The number of piperazine rings is 1. The molecule has 0 bridgehead atoms. The minimum absolute atomic E-state index is 0.